The van der Waals surface area contributed by atoms with E-state index < -0.39 is 0 Å². The Kier molecular flexibility index (Phi) is 0.861. The summed E-state index contributed by atoms with van der Waals surface area (Å²) in [7, 11) is 0. The third-order valence-electron chi connectivity index (χ3n) is 5.24. The molecule has 0 aliphatic heterocycles. The first-order chi connectivity index (χ1) is 6.25. The Hall–Kier alpha value is -0.590. The highest BCUT2D eigenvalue weighted by molar-refractivity contribution is 5.94. The van der Waals surface area contributed by atoms with Gasteiger partial charge < -0.3 is 0 Å². The summed E-state index contributed by atoms with van der Waals surface area (Å²) in [5, 5.41) is 0. The van der Waals surface area contributed by atoms with Crippen LogP contribution in [0, 0.1) is 35.0 Å². The highest BCUT2D eigenvalue weighted by atomic mass is 16.1. The number of Topliss-reactive ketones (excluding diaryl/α,β-unsaturated/α-hetero) is 1. The van der Waals surface area contributed by atoms with Crippen molar-refractivity contribution < 1.29 is 4.79 Å². The number of carbonyl (C=O) groups is 1. The molecule has 0 radical (unpaired) electrons. The fourth-order valence-corrected chi connectivity index (χ4v) is 4.89. The van der Waals surface area contributed by atoms with Gasteiger partial charge in [-0.1, -0.05) is 19.1 Å². The van der Waals surface area contributed by atoms with Crippen molar-refractivity contribution in [1.82, 2.24) is 0 Å². The average Bonchev–Trinajstić information content (AvgIpc) is 2.66. The van der Waals surface area contributed by atoms with Crippen LogP contribution >= 0.6 is 0 Å². The Bertz CT molecular complexity index is 343. The lowest BCUT2D eigenvalue weighted by atomic mass is 9.76. The molecule has 4 fully saturated rings. The smallest absolute Gasteiger partial charge is 0.140 e. The first kappa shape index (κ1) is 6.80. The minimum atomic E-state index is 0.379. The van der Waals surface area contributed by atoms with Crippen LogP contribution in [0.3, 0.4) is 0 Å². The van der Waals surface area contributed by atoms with E-state index in [0.717, 1.165) is 24.2 Å². The van der Waals surface area contributed by atoms with Gasteiger partial charge in [0.25, 0.3) is 0 Å². The van der Waals surface area contributed by atoms with E-state index >= 15 is 0 Å². The van der Waals surface area contributed by atoms with Gasteiger partial charge in [-0.05, 0) is 36.0 Å². The van der Waals surface area contributed by atoms with Crippen LogP contribution in [0.25, 0.3) is 0 Å². The summed E-state index contributed by atoms with van der Waals surface area (Å²) >= 11 is 0. The lowest BCUT2D eigenvalue weighted by molar-refractivity contribution is -0.122. The van der Waals surface area contributed by atoms with Crippen LogP contribution in [0.1, 0.15) is 19.8 Å². The number of allylic oxidation sites excluding steroid dienone is 2. The van der Waals surface area contributed by atoms with Gasteiger partial charge in [0.1, 0.15) is 5.78 Å². The second-order valence-electron chi connectivity index (χ2n) is 5.59. The molecule has 6 bridgehead atoms. The fourth-order valence-electron chi connectivity index (χ4n) is 4.89. The predicted octanol–water partition coefficient (Wildman–Crippen LogP) is 2.03. The van der Waals surface area contributed by atoms with E-state index in [9.17, 15) is 4.79 Å². The zero-order chi connectivity index (χ0) is 8.79. The first-order valence-corrected chi connectivity index (χ1v) is 5.44. The number of carbonyl (C=O) groups excluding carboxylic acids is 1. The zero-order valence-electron chi connectivity index (χ0n) is 7.86. The Morgan fingerprint density at radius 3 is 3.08 bits per heavy atom. The second-order valence-corrected chi connectivity index (χ2v) is 5.59. The van der Waals surface area contributed by atoms with E-state index in [1.807, 2.05) is 0 Å². The predicted molar refractivity (Wildman–Crippen MR) is 48.9 cm³/mol. The van der Waals surface area contributed by atoms with E-state index in [2.05, 4.69) is 19.1 Å². The van der Waals surface area contributed by atoms with E-state index in [0.29, 0.717) is 23.0 Å². The Balaban J connectivity index is 1.94. The molecule has 68 valence electrons. The summed E-state index contributed by atoms with van der Waals surface area (Å²) in [5.41, 5.74) is 0.379. The summed E-state index contributed by atoms with van der Waals surface area (Å²) < 4.78 is 0. The molecule has 1 heteroatoms. The van der Waals surface area contributed by atoms with Crippen molar-refractivity contribution in [3.63, 3.8) is 0 Å². The second kappa shape index (κ2) is 1.65. The molecule has 1 nitrogen and oxygen atoms in total. The normalized spacial score (nSPS) is 65.6. The van der Waals surface area contributed by atoms with Crippen molar-refractivity contribution in [2.75, 3.05) is 0 Å². The fraction of sp³-hybridized carbons (Fsp3) is 0.750. The van der Waals surface area contributed by atoms with Crippen molar-refractivity contribution in [3.05, 3.63) is 12.2 Å². The highest BCUT2D eigenvalue weighted by Crippen LogP contribution is 2.80. The molecule has 0 aromatic rings. The van der Waals surface area contributed by atoms with Crippen molar-refractivity contribution >= 4 is 5.78 Å². The van der Waals surface area contributed by atoms with Crippen molar-refractivity contribution in [2.24, 2.45) is 35.0 Å². The SMILES string of the molecule is CC12CC=CCC3C4C(C(=O)C31)C42. The van der Waals surface area contributed by atoms with Crippen LogP contribution in [0.15, 0.2) is 12.2 Å². The van der Waals surface area contributed by atoms with Crippen molar-refractivity contribution in [3.8, 4) is 0 Å². The van der Waals surface area contributed by atoms with Gasteiger partial charge in [0, 0.05) is 11.8 Å². The van der Waals surface area contributed by atoms with Gasteiger partial charge >= 0.3 is 0 Å². The number of hydrogen-bond donors (Lipinski definition) is 0. The van der Waals surface area contributed by atoms with Crippen LogP contribution in [-0.4, -0.2) is 5.78 Å². The van der Waals surface area contributed by atoms with Crippen LogP contribution < -0.4 is 0 Å². The Morgan fingerprint density at radius 2 is 2.31 bits per heavy atom. The topological polar surface area (TPSA) is 17.1 Å². The quantitative estimate of drug-likeness (QED) is 0.513. The third-order valence-corrected chi connectivity index (χ3v) is 5.24. The van der Waals surface area contributed by atoms with E-state index in [1.165, 1.54) is 6.42 Å². The largest absolute Gasteiger partial charge is 0.299 e. The molecular weight excluding hydrogens is 160 g/mol. The Labute approximate surface area is 78.2 Å². The Morgan fingerprint density at radius 1 is 1.46 bits per heavy atom. The van der Waals surface area contributed by atoms with E-state index in [-0.39, 0.29) is 0 Å². The molecular formula is C12H14O. The van der Waals surface area contributed by atoms with Gasteiger partial charge in [-0.2, -0.15) is 0 Å². The van der Waals surface area contributed by atoms with Gasteiger partial charge in [-0.15, -0.1) is 0 Å². The van der Waals surface area contributed by atoms with Gasteiger partial charge in [-0.25, -0.2) is 0 Å². The maximum atomic E-state index is 11.9. The summed E-state index contributed by atoms with van der Waals surface area (Å²) in [6, 6.07) is 0. The molecule has 5 aliphatic carbocycles. The monoisotopic (exact) mass is 174 g/mol. The molecule has 0 saturated heterocycles. The maximum absolute atomic E-state index is 11.9. The summed E-state index contributed by atoms with van der Waals surface area (Å²) in [5.74, 6) is 3.94. The molecule has 13 heavy (non-hydrogen) atoms. The maximum Gasteiger partial charge on any atom is 0.140 e. The molecule has 5 rings (SSSR count). The first-order valence-electron chi connectivity index (χ1n) is 5.44. The lowest BCUT2D eigenvalue weighted by Gasteiger charge is -2.27. The van der Waals surface area contributed by atoms with Gasteiger partial charge in [-0.3, -0.25) is 4.79 Å². The summed E-state index contributed by atoms with van der Waals surface area (Å²) in [6.07, 6.45) is 6.98. The molecule has 5 aliphatic rings. The average molecular weight is 174 g/mol. The van der Waals surface area contributed by atoms with Crippen LogP contribution in [0.5, 0.6) is 0 Å². The van der Waals surface area contributed by atoms with Gasteiger partial charge in [0.15, 0.2) is 0 Å². The summed E-state index contributed by atoms with van der Waals surface area (Å²) in [6.45, 7) is 2.36. The zero-order valence-corrected chi connectivity index (χ0v) is 7.86. The molecule has 6 unspecified atom stereocenters. The number of rotatable bonds is 0. The number of ketones is 1. The van der Waals surface area contributed by atoms with Gasteiger partial charge in [0.2, 0.25) is 0 Å². The minimum absolute atomic E-state index is 0.379. The molecule has 0 amide bonds. The standard InChI is InChI=1S/C12H14O/c1-12-5-3-2-4-6-7-8(10(7)12)11(13)9(6)12/h2-3,6-10H,4-5H2,1H3. The molecule has 4 saturated carbocycles. The van der Waals surface area contributed by atoms with E-state index in [1.54, 1.807) is 0 Å². The van der Waals surface area contributed by atoms with Crippen LogP contribution in [0.4, 0.5) is 0 Å². The highest BCUT2D eigenvalue weighted by Gasteiger charge is 2.81. The molecule has 0 spiro atoms. The molecule has 0 heterocycles. The summed E-state index contributed by atoms with van der Waals surface area (Å²) in [4.78, 5) is 11.9. The lowest BCUT2D eigenvalue weighted by Crippen LogP contribution is -2.25. The van der Waals surface area contributed by atoms with Crippen LogP contribution in [-0.2, 0) is 4.79 Å². The number of hydrogen-bond acceptors (Lipinski definition) is 1. The molecule has 6 atom stereocenters. The minimum Gasteiger partial charge on any atom is -0.299 e. The van der Waals surface area contributed by atoms with Crippen molar-refractivity contribution in [1.29, 1.82) is 0 Å². The molecule has 0 aromatic heterocycles. The van der Waals surface area contributed by atoms with E-state index in [4.69, 9.17) is 0 Å². The van der Waals surface area contributed by atoms with Crippen molar-refractivity contribution in [2.45, 2.75) is 19.8 Å². The molecule has 0 aromatic carbocycles. The van der Waals surface area contributed by atoms with Crippen LogP contribution in [0.2, 0.25) is 0 Å². The van der Waals surface area contributed by atoms with Gasteiger partial charge in [0.05, 0.1) is 0 Å². The third kappa shape index (κ3) is 0.490. The molecule has 0 N–H and O–H groups in total.